The summed E-state index contributed by atoms with van der Waals surface area (Å²) in [5.41, 5.74) is 2.62. The molecule has 1 amide bonds. The number of carbonyl (C=O) groups excluding carboxylic acids is 1. The molecule has 0 spiro atoms. The van der Waals surface area contributed by atoms with E-state index in [2.05, 4.69) is 6.07 Å². The number of ether oxygens (including phenoxy) is 2. The van der Waals surface area contributed by atoms with Crippen molar-refractivity contribution in [3.63, 3.8) is 0 Å². The van der Waals surface area contributed by atoms with Crippen LogP contribution < -0.4 is 9.47 Å². The van der Waals surface area contributed by atoms with E-state index in [0.29, 0.717) is 30.1 Å². The van der Waals surface area contributed by atoms with Crippen molar-refractivity contribution in [2.75, 3.05) is 6.79 Å². The van der Waals surface area contributed by atoms with Gasteiger partial charge in [0.15, 0.2) is 17.3 Å². The van der Waals surface area contributed by atoms with Gasteiger partial charge in [-0.15, -0.1) is 0 Å². The fourth-order valence-electron chi connectivity index (χ4n) is 5.63. The lowest BCUT2D eigenvalue weighted by Crippen LogP contribution is -2.52. The van der Waals surface area contributed by atoms with E-state index >= 15 is 0 Å². The van der Waals surface area contributed by atoms with Gasteiger partial charge in [-0.05, 0) is 56.5 Å². The Kier molecular flexibility index (Phi) is 3.93. The average Bonchev–Trinajstić information content (AvgIpc) is 3.42. The molecule has 1 aromatic heterocycles. The van der Waals surface area contributed by atoms with E-state index in [1.54, 1.807) is 0 Å². The van der Waals surface area contributed by atoms with E-state index in [-0.39, 0.29) is 24.8 Å². The zero-order valence-corrected chi connectivity index (χ0v) is 17.7. The van der Waals surface area contributed by atoms with Gasteiger partial charge >= 0.3 is 0 Å². The van der Waals surface area contributed by atoms with Crippen molar-refractivity contribution in [1.82, 2.24) is 4.90 Å². The summed E-state index contributed by atoms with van der Waals surface area (Å²) in [5, 5.41) is 12.6. The number of nitrogens with zero attached hydrogens (tertiary/aromatic N) is 1. The summed E-state index contributed by atoms with van der Waals surface area (Å²) in [7, 11) is 0. The molecule has 31 heavy (non-hydrogen) atoms. The second kappa shape index (κ2) is 6.50. The van der Waals surface area contributed by atoms with Gasteiger partial charge in [-0.1, -0.05) is 17.7 Å². The Bertz CT molecular complexity index is 1200. The van der Waals surface area contributed by atoms with Crippen LogP contribution in [0.1, 0.15) is 52.9 Å². The first-order valence-electron chi connectivity index (χ1n) is 10.9. The van der Waals surface area contributed by atoms with Gasteiger partial charge in [0.25, 0.3) is 5.91 Å². The van der Waals surface area contributed by atoms with Crippen LogP contribution >= 0.6 is 0 Å². The first kappa shape index (κ1) is 18.8. The van der Waals surface area contributed by atoms with Crippen molar-refractivity contribution in [1.29, 1.82) is 0 Å². The molecule has 2 aromatic carbocycles. The molecule has 3 aliphatic heterocycles. The van der Waals surface area contributed by atoms with E-state index in [0.717, 1.165) is 40.5 Å². The fourth-order valence-corrected chi connectivity index (χ4v) is 5.63. The summed E-state index contributed by atoms with van der Waals surface area (Å²) in [5.74, 6) is 1.74. The standard InChI is InChI=1S/C25H25NO5/c1-14-3-7-20-19(9-14)15(2)23(31-20)24(27)26-17-5-6-18(26)12-25(28,11-17)16-4-8-21-22(10-16)30-13-29-21/h3-4,7-10,17-18,28H,5-6,11-13H2,1-2H3. The summed E-state index contributed by atoms with van der Waals surface area (Å²) in [6, 6.07) is 11.6. The largest absolute Gasteiger partial charge is 0.454 e. The normalized spacial score (nSPS) is 26.6. The number of furan rings is 1. The molecule has 6 nitrogen and oxygen atoms in total. The third-order valence-corrected chi connectivity index (χ3v) is 7.20. The second-order valence-corrected chi connectivity index (χ2v) is 9.16. The Labute approximate surface area is 180 Å². The van der Waals surface area contributed by atoms with Crippen LogP contribution in [-0.2, 0) is 5.60 Å². The molecule has 4 heterocycles. The fraction of sp³-hybridized carbons (Fsp3) is 0.400. The third kappa shape index (κ3) is 2.78. The Hall–Kier alpha value is -2.99. The van der Waals surface area contributed by atoms with Crippen LogP contribution in [0.4, 0.5) is 0 Å². The summed E-state index contributed by atoms with van der Waals surface area (Å²) in [6.45, 7) is 4.20. The molecule has 2 fully saturated rings. The number of piperidine rings is 1. The number of hydrogen-bond donors (Lipinski definition) is 1. The lowest BCUT2D eigenvalue weighted by molar-refractivity contribution is -0.0486. The molecule has 0 saturated carbocycles. The number of amides is 1. The van der Waals surface area contributed by atoms with E-state index < -0.39 is 5.60 Å². The summed E-state index contributed by atoms with van der Waals surface area (Å²) in [4.78, 5) is 15.5. The molecule has 2 bridgehead atoms. The van der Waals surface area contributed by atoms with Crippen LogP contribution in [0, 0.1) is 13.8 Å². The molecule has 0 aliphatic carbocycles. The highest BCUT2D eigenvalue weighted by atomic mass is 16.7. The van der Waals surface area contributed by atoms with Gasteiger partial charge < -0.3 is 23.9 Å². The maximum atomic E-state index is 13.6. The van der Waals surface area contributed by atoms with Crippen LogP contribution in [0.25, 0.3) is 11.0 Å². The van der Waals surface area contributed by atoms with Crippen LogP contribution in [0.5, 0.6) is 11.5 Å². The molecule has 2 atom stereocenters. The van der Waals surface area contributed by atoms with Crippen molar-refractivity contribution in [2.45, 2.75) is 57.2 Å². The summed E-state index contributed by atoms with van der Waals surface area (Å²) in [6.07, 6.45) is 2.80. The molecular formula is C25H25NO5. The Balaban J connectivity index is 1.31. The Morgan fingerprint density at radius 2 is 1.77 bits per heavy atom. The van der Waals surface area contributed by atoms with Crippen molar-refractivity contribution < 1.29 is 23.8 Å². The summed E-state index contributed by atoms with van der Waals surface area (Å²) < 4.78 is 16.9. The zero-order chi connectivity index (χ0) is 21.3. The van der Waals surface area contributed by atoms with E-state index in [4.69, 9.17) is 13.9 Å². The lowest BCUT2D eigenvalue weighted by atomic mass is 9.80. The number of carbonyl (C=O) groups is 1. The van der Waals surface area contributed by atoms with E-state index in [1.165, 1.54) is 0 Å². The van der Waals surface area contributed by atoms with Gasteiger partial charge in [-0.2, -0.15) is 0 Å². The highest BCUT2D eigenvalue weighted by Gasteiger charge is 2.51. The molecule has 6 heteroatoms. The Morgan fingerprint density at radius 3 is 2.55 bits per heavy atom. The minimum Gasteiger partial charge on any atom is -0.454 e. The van der Waals surface area contributed by atoms with Gasteiger partial charge in [0.05, 0.1) is 5.60 Å². The molecular weight excluding hydrogens is 394 g/mol. The van der Waals surface area contributed by atoms with Crippen LogP contribution in [0.15, 0.2) is 40.8 Å². The molecule has 3 aliphatic rings. The molecule has 160 valence electrons. The number of rotatable bonds is 2. The highest BCUT2D eigenvalue weighted by molar-refractivity contribution is 5.99. The van der Waals surface area contributed by atoms with Crippen LogP contribution in [0.2, 0.25) is 0 Å². The highest BCUT2D eigenvalue weighted by Crippen LogP contribution is 2.48. The predicted molar refractivity (Wildman–Crippen MR) is 114 cm³/mol. The predicted octanol–water partition coefficient (Wildman–Crippen LogP) is 4.43. The van der Waals surface area contributed by atoms with Crippen molar-refractivity contribution in [3.05, 3.63) is 58.8 Å². The first-order chi connectivity index (χ1) is 14.9. The molecule has 3 aromatic rings. The first-order valence-corrected chi connectivity index (χ1v) is 10.9. The lowest BCUT2D eigenvalue weighted by Gasteiger charge is -2.43. The van der Waals surface area contributed by atoms with E-state index in [1.807, 2.05) is 49.1 Å². The number of aliphatic hydroxyl groups is 1. The van der Waals surface area contributed by atoms with Crippen LogP contribution in [-0.4, -0.2) is 34.8 Å². The van der Waals surface area contributed by atoms with Crippen molar-refractivity contribution >= 4 is 16.9 Å². The van der Waals surface area contributed by atoms with E-state index in [9.17, 15) is 9.90 Å². The number of benzene rings is 2. The van der Waals surface area contributed by atoms with Crippen molar-refractivity contribution in [2.24, 2.45) is 0 Å². The number of hydrogen-bond acceptors (Lipinski definition) is 5. The second-order valence-electron chi connectivity index (χ2n) is 9.16. The monoisotopic (exact) mass is 419 g/mol. The zero-order valence-electron chi connectivity index (χ0n) is 17.7. The molecule has 2 saturated heterocycles. The van der Waals surface area contributed by atoms with Gasteiger partial charge in [0.1, 0.15) is 5.58 Å². The molecule has 6 rings (SSSR count). The van der Waals surface area contributed by atoms with Crippen molar-refractivity contribution in [3.8, 4) is 11.5 Å². The van der Waals surface area contributed by atoms with Gasteiger partial charge in [0, 0.05) is 35.9 Å². The molecule has 1 N–H and O–H groups in total. The maximum Gasteiger partial charge on any atom is 0.290 e. The average molecular weight is 419 g/mol. The minimum absolute atomic E-state index is 0.0176. The molecule has 2 unspecified atom stereocenters. The quantitative estimate of drug-likeness (QED) is 0.665. The van der Waals surface area contributed by atoms with Gasteiger partial charge in [-0.3, -0.25) is 4.79 Å². The third-order valence-electron chi connectivity index (χ3n) is 7.20. The van der Waals surface area contributed by atoms with Crippen LogP contribution in [0.3, 0.4) is 0 Å². The minimum atomic E-state index is -0.983. The smallest absolute Gasteiger partial charge is 0.290 e. The molecule has 0 radical (unpaired) electrons. The van der Waals surface area contributed by atoms with Gasteiger partial charge in [-0.25, -0.2) is 0 Å². The van der Waals surface area contributed by atoms with Gasteiger partial charge in [0.2, 0.25) is 6.79 Å². The number of aryl methyl sites for hydroxylation is 2. The topological polar surface area (TPSA) is 72.1 Å². The Morgan fingerprint density at radius 1 is 1.03 bits per heavy atom. The number of fused-ring (bicyclic) bond motifs is 4. The SMILES string of the molecule is Cc1ccc2oc(C(=O)N3C4CCC3CC(O)(c3ccc5c(c3)OCO5)C4)c(C)c2c1. The summed E-state index contributed by atoms with van der Waals surface area (Å²) >= 11 is 0. The maximum absolute atomic E-state index is 13.6.